The summed E-state index contributed by atoms with van der Waals surface area (Å²) in [6.45, 7) is 0. The molecule has 1 N–H and O–H groups in total. The van der Waals surface area contributed by atoms with Crippen molar-refractivity contribution in [1.82, 2.24) is 4.98 Å². The number of hydrogen-bond acceptors (Lipinski definition) is 6. The van der Waals surface area contributed by atoms with E-state index in [4.69, 9.17) is 18.6 Å². The summed E-state index contributed by atoms with van der Waals surface area (Å²) in [6, 6.07) is 16.2. The second-order valence-electron chi connectivity index (χ2n) is 6.58. The molecule has 1 aromatic heterocycles. The van der Waals surface area contributed by atoms with E-state index in [-0.39, 0.29) is 5.91 Å². The number of methoxy groups -OCH3 is 3. The predicted molar refractivity (Wildman–Crippen MR) is 121 cm³/mol. The number of anilines is 1. The lowest BCUT2D eigenvalue weighted by atomic mass is 10.1. The lowest BCUT2D eigenvalue weighted by molar-refractivity contribution is 0.102. The monoisotopic (exact) mass is 482 g/mol. The number of ether oxygens (including phenoxy) is 3. The Morgan fingerprint density at radius 3 is 2.35 bits per heavy atom. The molecule has 0 bridgehead atoms. The van der Waals surface area contributed by atoms with E-state index in [9.17, 15) is 4.79 Å². The molecular formula is C23H19BrN2O5. The number of fused-ring (bicyclic) bond motifs is 1. The van der Waals surface area contributed by atoms with E-state index in [2.05, 4.69) is 26.2 Å². The van der Waals surface area contributed by atoms with Crippen molar-refractivity contribution in [3.05, 3.63) is 64.6 Å². The molecule has 3 aromatic carbocycles. The van der Waals surface area contributed by atoms with Crippen molar-refractivity contribution in [3.63, 3.8) is 0 Å². The Labute approximate surface area is 187 Å². The maximum absolute atomic E-state index is 12.8. The number of oxazole rings is 1. The lowest BCUT2D eigenvalue weighted by Gasteiger charge is -2.14. The Morgan fingerprint density at radius 1 is 0.968 bits per heavy atom. The molecule has 31 heavy (non-hydrogen) atoms. The average Bonchev–Trinajstić information content (AvgIpc) is 3.21. The third-order valence-corrected chi connectivity index (χ3v) is 5.14. The molecular weight excluding hydrogens is 464 g/mol. The highest BCUT2D eigenvalue weighted by atomic mass is 79.9. The summed E-state index contributed by atoms with van der Waals surface area (Å²) in [5.74, 6) is 1.40. The quantitative estimate of drug-likeness (QED) is 0.388. The van der Waals surface area contributed by atoms with Crippen LogP contribution in [-0.4, -0.2) is 32.2 Å². The molecule has 4 aromatic rings. The minimum absolute atomic E-state index is 0.325. The fourth-order valence-corrected chi connectivity index (χ4v) is 3.56. The normalized spacial score (nSPS) is 10.7. The van der Waals surface area contributed by atoms with Gasteiger partial charge in [0, 0.05) is 21.3 Å². The minimum Gasteiger partial charge on any atom is -0.493 e. The summed E-state index contributed by atoms with van der Waals surface area (Å²) in [5, 5.41) is 2.87. The second-order valence-corrected chi connectivity index (χ2v) is 7.50. The molecule has 1 amide bonds. The summed E-state index contributed by atoms with van der Waals surface area (Å²) in [7, 11) is 4.51. The van der Waals surface area contributed by atoms with Crippen molar-refractivity contribution < 1.29 is 23.4 Å². The van der Waals surface area contributed by atoms with Crippen molar-refractivity contribution in [3.8, 4) is 28.7 Å². The molecule has 7 nitrogen and oxygen atoms in total. The van der Waals surface area contributed by atoms with E-state index in [1.54, 1.807) is 30.3 Å². The van der Waals surface area contributed by atoms with Crippen LogP contribution in [0, 0.1) is 0 Å². The number of hydrogen-bond donors (Lipinski definition) is 1. The zero-order chi connectivity index (χ0) is 22.0. The Balaban J connectivity index is 1.62. The van der Waals surface area contributed by atoms with Gasteiger partial charge in [-0.1, -0.05) is 22.0 Å². The second kappa shape index (κ2) is 8.69. The zero-order valence-electron chi connectivity index (χ0n) is 17.1. The maximum atomic E-state index is 12.8. The third kappa shape index (κ3) is 4.20. The largest absolute Gasteiger partial charge is 0.493 e. The van der Waals surface area contributed by atoms with Gasteiger partial charge >= 0.3 is 0 Å². The van der Waals surface area contributed by atoms with Gasteiger partial charge in [0.1, 0.15) is 5.52 Å². The fraction of sp³-hybridized carbons (Fsp3) is 0.130. The summed E-state index contributed by atoms with van der Waals surface area (Å²) in [6.07, 6.45) is 0. The average molecular weight is 483 g/mol. The first-order valence-electron chi connectivity index (χ1n) is 9.30. The van der Waals surface area contributed by atoms with Gasteiger partial charge in [0.05, 0.1) is 21.3 Å². The topological polar surface area (TPSA) is 82.8 Å². The number of halogens is 1. The third-order valence-electron chi connectivity index (χ3n) is 4.64. The highest BCUT2D eigenvalue weighted by Gasteiger charge is 2.17. The van der Waals surface area contributed by atoms with Crippen LogP contribution in [0.3, 0.4) is 0 Å². The van der Waals surface area contributed by atoms with E-state index >= 15 is 0 Å². The van der Waals surface area contributed by atoms with Crippen molar-refractivity contribution in [2.75, 3.05) is 26.6 Å². The van der Waals surface area contributed by atoms with Gasteiger partial charge in [0.2, 0.25) is 11.6 Å². The standard InChI is InChI=1S/C23H19BrN2O5/c1-28-19-10-14(11-20(29-2)21(19)30-3)22(27)25-16-7-8-18-17(12-16)26-23(31-18)13-5-4-6-15(24)9-13/h4-12H,1-3H3,(H,25,27). The van der Waals surface area contributed by atoms with Gasteiger partial charge in [-0.25, -0.2) is 4.98 Å². The minimum atomic E-state index is -0.325. The van der Waals surface area contributed by atoms with Crippen LogP contribution in [-0.2, 0) is 0 Å². The van der Waals surface area contributed by atoms with Crippen LogP contribution in [0.2, 0.25) is 0 Å². The van der Waals surface area contributed by atoms with Gasteiger partial charge in [0.25, 0.3) is 5.91 Å². The summed E-state index contributed by atoms with van der Waals surface area (Å²) >= 11 is 3.45. The molecule has 0 aliphatic heterocycles. The smallest absolute Gasteiger partial charge is 0.255 e. The Bertz CT molecular complexity index is 1240. The summed E-state index contributed by atoms with van der Waals surface area (Å²) < 4.78 is 22.7. The first-order chi connectivity index (χ1) is 15.0. The summed E-state index contributed by atoms with van der Waals surface area (Å²) in [5.41, 5.74) is 3.07. The maximum Gasteiger partial charge on any atom is 0.255 e. The van der Waals surface area contributed by atoms with Crippen molar-refractivity contribution in [2.45, 2.75) is 0 Å². The molecule has 0 saturated heterocycles. The van der Waals surface area contributed by atoms with Crippen molar-refractivity contribution >= 4 is 38.6 Å². The fourth-order valence-electron chi connectivity index (χ4n) is 3.17. The predicted octanol–water partition coefficient (Wildman–Crippen LogP) is 5.54. The molecule has 0 fully saturated rings. The SMILES string of the molecule is COc1cc(C(=O)Nc2ccc3oc(-c4cccc(Br)c4)nc3c2)cc(OC)c1OC. The lowest BCUT2D eigenvalue weighted by Crippen LogP contribution is -2.12. The molecule has 0 atom stereocenters. The number of rotatable bonds is 6. The van der Waals surface area contributed by atoms with Crippen LogP contribution in [0.4, 0.5) is 5.69 Å². The van der Waals surface area contributed by atoms with Crippen molar-refractivity contribution in [1.29, 1.82) is 0 Å². The van der Waals surface area contributed by atoms with Crippen LogP contribution < -0.4 is 19.5 Å². The molecule has 0 aliphatic rings. The van der Waals surface area contributed by atoms with Crippen LogP contribution in [0.1, 0.15) is 10.4 Å². The first kappa shape index (κ1) is 20.7. The molecule has 8 heteroatoms. The van der Waals surface area contributed by atoms with E-state index in [0.717, 1.165) is 10.0 Å². The van der Waals surface area contributed by atoms with Gasteiger partial charge in [-0.3, -0.25) is 4.79 Å². The van der Waals surface area contributed by atoms with E-state index < -0.39 is 0 Å². The molecule has 0 aliphatic carbocycles. The van der Waals surface area contributed by atoms with Gasteiger partial charge < -0.3 is 23.9 Å². The first-order valence-corrected chi connectivity index (χ1v) is 10.1. The number of nitrogens with zero attached hydrogens (tertiary/aromatic N) is 1. The highest BCUT2D eigenvalue weighted by molar-refractivity contribution is 9.10. The van der Waals surface area contributed by atoms with E-state index in [1.807, 2.05) is 24.3 Å². The highest BCUT2D eigenvalue weighted by Crippen LogP contribution is 2.38. The molecule has 0 saturated carbocycles. The molecule has 158 valence electrons. The van der Waals surface area contributed by atoms with E-state index in [1.165, 1.54) is 21.3 Å². The Hall–Kier alpha value is -3.52. The van der Waals surface area contributed by atoms with Crippen LogP contribution in [0.5, 0.6) is 17.2 Å². The van der Waals surface area contributed by atoms with Gasteiger partial charge in [-0.05, 0) is 48.5 Å². The number of carbonyl (C=O) groups excluding carboxylic acids is 1. The molecule has 0 unspecified atom stereocenters. The Kier molecular flexibility index (Phi) is 5.81. The summed E-state index contributed by atoms with van der Waals surface area (Å²) in [4.78, 5) is 17.4. The van der Waals surface area contributed by atoms with Gasteiger partial charge in [0.15, 0.2) is 17.1 Å². The molecule has 4 rings (SSSR count). The van der Waals surface area contributed by atoms with Gasteiger partial charge in [-0.2, -0.15) is 0 Å². The molecule has 0 spiro atoms. The van der Waals surface area contributed by atoms with E-state index in [0.29, 0.717) is 45.5 Å². The number of carbonyl (C=O) groups is 1. The number of aromatic nitrogens is 1. The number of amides is 1. The molecule has 1 heterocycles. The number of benzene rings is 3. The number of nitrogens with one attached hydrogen (secondary N) is 1. The molecule has 0 radical (unpaired) electrons. The van der Waals surface area contributed by atoms with Crippen LogP contribution in [0.15, 0.2) is 63.5 Å². The van der Waals surface area contributed by atoms with Crippen LogP contribution >= 0.6 is 15.9 Å². The van der Waals surface area contributed by atoms with Crippen molar-refractivity contribution in [2.24, 2.45) is 0 Å². The van der Waals surface area contributed by atoms with Gasteiger partial charge in [-0.15, -0.1) is 0 Å². The Morgan fingerprint density at radius 2 is 1.71 bits per heavy atom. The zero-order valence-corrected chi connectivity index (χ0v) is 18.6. The van der Waals surface area contributed by atoms with Crippen LogP contribution in [0.25, 0.3) is 22.6 Å².